The van der Waals surface area contributed by atoms with E-state index in [0.29, 0.717) is 12.8 Å². The first-order chi connectivity index (χ1) is 12.1. The van der Waals surface area contributed by atoms with E-state index in [1.165, 1.54) is 32.1 Å². The van der Waals surface area contributed by atoms with Gasteiger partial charge in [0.25, 0.3) is 0 Å². The lowest BCUT2D eigenvalue weighted by Gasteiger charge is -2.24. The molecule has 6 heteroatoms. The lowest BCUT2D eigenvalue weighted by atomic mass is 10.0. The maximum Gasteiger partial charge on any atom is 0.223 e. The highest BCUT2D eigenvalue weighted by atomic mass is 16.3. The standard InChI is InChI=1S/C19H34N4O2/c1-3-4-5-6-7-8-10-16(24)12-13-18(25)23-14-9-11-17(23)19-21-20-15-22(19)2/h15-17,24H,3-14H2,1-2H3/t16-,17-/m1/s1. The Morgan fingerprint density at radius 2 is 2.04 bits per heavy atom. The fourth-order valence-corrected chi connectivity index (χ4v) is 3.67. The summed E-state index contributed by atoms with van der Waals surface area (Å²) in [5.41, 5.74) is 0. The van der Waals surface area contributed by atoms with Gasteiger partial charge in [0.15, 0.2) is 5.82 Å². The second kappa shape index (κ2) is 10.5. The van der Waals surface area contributed by atoms with Crippen molar-refractivity contribution < 1.29 is 9.90 Å². The molecule has 0 radical (unpaired) electrons. The Balaban J connectivity index is 1.68. The van der Waals surface area contributed by atoms with Crippen LogP contribution in [0.15, 0.2) is 6.33 Å². The number of rotatable bonds is 11. The molecular formula is C19H34N4O2. The van der Waals surface area contributed by atoms with E-state index in [4.69, 9.17) is 0 Å². The minimum absolute atomic E-state index is 0.0377. The zero-order valence-corrected chi connectivity index (χ0v) is 15.9. The first kappa shape index (κ1) is 19.9. The van der Waals surface area contributed by atoms with Crippen molar-refractivity contribution in [1.29, 1.82) is 0 Å². The minimum Gasteiger partial charge on any atom is -0.393 e. The van der Waals surface area contributed by atoms with Gasteiger partial charge < -0.3 is 14.6 Å². The van der Waals surface area contributed by atoms with Crippen LogP contribution in [0, 0.1) is 0 Å². The summed E-state index contributed by atoms with van der Waals surface area (Å²) in [5, 5.41) is 18.2. The molecule has 2 heterocycles. The number of hydrogen-bond acceptors (Lipinski definition) is 4. The Morgan fingerprint density at radius 1 is 1.28 bits per heavy atom. The first-order valence-electron chi connectivity index (χ1n) is 9.95. The zero-order chi connectivity index (χ0) is 18.1. The van der Waals surface area contributed by atoms with Crippen molar-refractivity contribution in [3.63, 3.8) is 0 Å². The number of carbonyl (C=O) groups excluding carboxylic acids is 1. The Morgan fingerprint density at radius 3 is 2.76 bits per heavy atom. The van der Waals surface area contributed by atoms with E-state index < -0.39 is 0 Å². The maximum absolute atomic E-state index is 12.6. The first-order valence-corrected chi connectivity index (χ1v) is 9.95. The SMILES string of the molecule is CCCCCCCC[C@@H](O)CCC(=O)N1CCC[C@@H]1c1nncn1C. The van der Waals surface area contributed by atoms with E-state index >= 15 is 0 Å². The number of unbranched alkanes of at least 4 members (excludes halogenated alkanes) is 5. The number of amides is 1. The quantitative estimate of drug-likeness (QED) is 0.621. The van der Waals surface area contributed by atoms with E-state index in [0.717, 1.165) is 38.1 Å². The van der Waals surface area contributed by atoms with Gasteiger partial charge in [-0.25, -0.2) is 0 Å². The van der Waals surface area contributed by atoms with Crippen molar-refractivity contribution in [2.24, 2.45) is 7.05 Å². The molecule has 0 unspecified atom stereocenters. The Labute approximate surface area is 151 Å². The molecule has 1 fully saturated rings. The highest BCUT2D eigenvalue weighted by molar-refractivity contribution is 5.76. The number of aryl methyl sites for hydroxylation is 1. The summed E-state index contributed by atoms with van der Waals surface area (Å²) in [5.74, 6) is 0.992. The molecule has 0 bridgehead atoms. The molecule has 0 aromatic carbocycles. The zero-order valence-electron chi connectivity index (χ0n) is 15.9. The molecule has 0 aliphatic carbocycles. The van der Waals surface area contributed by atoms with Gasteiger partial charge in [0, 0.05) is 20.0 Å². The molecule has 1 saturated heterocycles. The van der Waals surface area contributed by atoms with Crippen molar-refractivity contribution in [1.82, 2.24) is 19.7 Å². The molecule has 1 aromatic heterocycles. The predicted octanol–water partition coefficient (Wildman–Crippen LogP) is 3.37. The summed E-state index contributed by atoms with van der Waals surface area (Å²) in [6, 6.07) is 0.0377. The van der Waals surface area contributed by atoms with Gasteiger partial charge >= 0.3 is 0 Å². The molecule has 142 valence electrons. The summed E-state index contributed by atoms with van der Waals surface area (Å²) in [6.45, 7) is 3.00. The highest BCUT2D eigenvalue weighted by Crippen LogP contribution is 2.31. The van der Waals surface area contributed by atoms with Gasteiger partial charge in [-0.05, 0) is 25.7 Å². The molecular weight excluding hydrogens is 316 g/mol. The Kier molecular flexibility index (Phi) is 8.38. The second-order valence-electron chi connectivity index (χ2n) is 7.29. The maximum atomic E-state index is 12.6. The number of aliphatic hydroxyl groups is 1. The normalized spacial score (nSPS) is 18.7. The number of aliphatic hydroxyl groups excluding tert-OH is 1. The van der Waals surface area contributed by atoms with Gasteiger partial charge in [-0.1, -0.05) is 45.4 Å². The smallest absolute Gasteiger partial charge is 0.223 e. The fourth-order valence-electron chi connectivity index (χ4n) is 3.67. The van der Waals surface area contributed by atoms with Crippen LogP contribution >= 0.6 is 0 Å². The van der Waals surface area contributed by atoms with Crippen LogP contribution in [0.3, 0.4) is 0 Å². The van der Waals surface area contributed by atoms with Crippen LogP contribution < -0.4 is 0 Å². The predicted molar refractivity (Wildman–Crippen MR) is 97.9 cm³/mol. The van der Waals surface area contributed by atoms with Crippen molar-refractivity contribution in [2.45, 2.75) is 89.7 Å². The van der Waals surface area contributed by atoms with Crippen molar-refractivity contribution >= 4 is 5.91 Å². The van der Waals surface area contributed by atoms with Gasteiger partial charge in [-0.15, -0.1) is 10.2 Å². The van der Waals surface area contributed by atoms with Crippen molar-refractivity contribution in [3.05, 3.63) is 12.2 Å². The molecule has 2 rings (SSSR count). The largest absolute Gasteiger partial charge is 0.393 e. The van der Waals surface area contributed by atoms with Gasteiger partial charge in [-0.2, -0.15) is 0 Å². The van der Waals surface area contributed by atoms with Crippen molar-refractivity contribution in [2.75, 3.05) is 6.54 Å². The third-order valence-electron chi connectivity index (χ3n) is 5.20. The summed E-state index contributed by atoms with van der Waals surface area (Å²) < 4.78 is 1.89. The van der Waals surface area contributed by atoms with E-state index in [-0.39, 0.29) is 18.1 Å². The Bertz CT molecular complexity index is 517. The molecule has 2 atom stereocenters. The van der Waals surface area contributed by atoms with Crippen LogP contribution in [0.5, 0.6) is 0 Å². The van der Waals surface area contributed by atoms with Crippen LogP contribution in [-0.2, 0) is 11.8 Å². The summed E-state index contributed by atoms with van der Waals surface area (Å²) >= 11 is 0. The number of hydrogen-bond donors (Lipinski definition) is 1. The summed E-state index contributed by atoms with van der Waals surface area (Å²) in [6.07, 6.45) is 12.4. The summed E-state index contributed by atoms with van der Waals surface area (Å²) in [4.78, 5) is 14.5. The highest BCUT2D eigenvalue weighted by Gasteiger charge is 2.32. The van der Waals surface area contributed by atoms with E-state index in [1.54, 1.807) is 6.33 Å². The van der Waals surface area contributed by atoms with Crippen LogP contribution in [0.2, 0.25) is 0 Å². The molecule has 25 heavy (non-hydrogen) atoms. The molecule has 1 N–H and O–H groups in total. The summed E-state index contributed by atoms with van der Waals surface area (Å²) in [7, 11) is 1.92. The monoisotopic (exact) mass is 350 g/mol. The molecule has 6 nitrogen and oxygen atoms in total. The van der Waals surface area contributed by atoms with Crippen molar-refractivity contribution in [3.8, 4) is 0 Å². The average Bonchev–Trinajstić information content (AvgIpc) is 3.24. The van der Waals surface area contributed by atoms with Gasteiger partial charge in [-0.3, -0.25) is 4.79 Å². The van der Waals surface area contributed by atoms with Crippen LogP contribution in [0.4, 0.5) is 0 Å². The molecule has 1 aliphatic rings. The topological polar surface area (TPSA) is 71.2 Å². The fraction of sp³-hybridized carbons (Fsp3) is 0.842. The third-order valence-corrected chi connectivity index (χ3v) is 5.20. The lowest BCUT2D eigenvalue weighted by molar-refractivity contribution is -0.133. The average molecular weight is 351 g/mol. The molecule has 1 amide bonds. The van der Waals surface area contributed by atoms with Gasteiger partial charge in [0.05, 0.1) is 12.1 Å². The van der Waals surface area contributed by atoms with E-state index in [9.17, 15) is 9.90 Å². The number of aromatic nitrogens is 3. The van der Waals surface area contributed by atoms with Crippen LogP contribution in [0.1, 0.15) is 89.4 Å². The third kappa shape index (κ3) is 6.10. The van der Waals surface area contributed by atoms with Gasteiger partial charge in [0.2, 0.25) is 5.91 Å². The van der Waals surface area contributed by atoms with E-state index in [2.05, 4.69) is 17.1 Å². The van der Waals surface area contributed by atoms with Crippen LogP contribution in [0.25, 0.3) is 0 Å². The number of likely N-dealkylation sites (tertiary alicyclic amines) is 1. The molecule has 0 spiro atoms. The minimum atomic E-state index is -0.356. The lowest BCUT2D eigenvalue weighted by Crippen LogP contribution is -2.32. The van der Waals surface area contributed by atoms with Gasteiger partial charge in [0.1, 0.15) is 6.33 Å². The second-order valence-corrected chi connectivity index (χ2v) is 7.29. The number of carbonyl (C=O) groups is 1. The molecule has 1 aromatic rings. The van der Waals surface area contributed by atoms with E-state index in [1.807, 2.05) is 16.5 Å². The number of nitrogens with zero attached hydrogens (tertiary/aromatic N) is 4. The Hall–Kier alpha value is -1.43. The molecule has 0 saturated carbocycles. The van der Waals surface area contributed by atoms with Crippen LogP contribution in [-0.4, -0.2) is 43.3 Å². The molecule has 1 aliphatic heterocycles.